The van der Waals surface area contributed by atoms with Gasteiger partial charge in [0.25, 0.3) is 20.2 Å². The third-order valence-corrected chi connectivity index (χ3v) is 11.6. The maximum Gasteiger partial charge on any atom is 0.296 e. The molecule has 3 rings (SSSR count). The van der Waals surface area contributed by atoms with E-state index >= 15 is 0 Å². The fraction of sp³-hybridized carbons (Fsp3) is 0.333. The van der Waals surface area contributed by atoms with Crippen LogP contribution in [0.2, 0.25) is 0 Å². The maximum absolute atomic E-state index is 12.3. The zero-order chi connectivity index (χ0) is 38.0. The minimum Gasteiger partial charge on any atom is -0.395 e. The van der Waals surface area contributed by atoms with Crippen LogP contribution in [0, 0.1) is 18.3 Å². The number of hydrogen-bond acceptors (Lipinski definition) is 18. The first-order valence-corrected chi connectivity index (χ1v) is 20.9. The van der Waals surface area contributed by atoms with Gasteiger partial charge in [0, 0.05) is 18.7 Å². The third-order valence-electron chi connectivity index (χ3n) is 6.64. The summed E-state index contributed by atoms with van der Waals surface area (Å²) in [6.45, 7) is -0.248. The molecule has 6 N–H and O–H groups in total. The van der Waals surface area contributed by atoms with Crippen molar-refractivity contribution >= 4 is 74.3 Å². The zero-order valence-corrected chi connectivity index (χ0v) is 29.8. The SMILES string of the molecule is Cc1c(C#N)c(NCCS(=O)(=O)CCO)nc(NCCS(=O)(=O)CCO)c1N=Nc1ccc(N=Nc2ccc(S(=O)(=O)O)cc2)cc1S(=O)(=O)O. The van der Waals surface area contributed by atoms with Crippen LogP contribution in [-0.4, -0.2) is 107 Å². The molecule has 0 radical (unpaired) electrons. The van der Waals surface area contributed by atoms with Crippen molar-refractivity contribution in [1.29, 1.82) is 5.26 Å². The quantitative estimate of drug-likeness (QED) is 0.0795. The monoisotopic (exact) mass is 788 g/mol. The number of aliphatic hydroxyl groups is 2. The van der Waals surface area contributed by atoms with Crippen LogP contribution in [-0.2, 0) is 39.9 Å². The first-order chi connectivity index (χ1) is 23.8. The fourth-order valence-corrected chi connectivity index (χ4v) is 7.01. The molecule has 0 saturated carbocycles. The molecule has 0 fully saturated rings. The lowest BCUT2D eigenvalue weighted by molar-refractivity contribution is 0.319. The van der Waals surface area contributed by atoms with E-state index in [0.29, 0.717) is 0 Å². The Kier molecular flexibility index (Phi) is 13.8. The van der Waals surface area contributed by atoms with E-state index < -0.39 is 91.6 Å². The Morgan fingerprint density at radius 3 is 1.75 bits per heavy atom. The van der Waals surface area contributed by atoms with E-state index in [1.165, 1.54) is 25.1 Å². The molecule has 0 atom stereocenters. The Balaban J connectivity index is 2.03. The summed E-state index contributed by atoms with van der Waals surface area (Å²) in [4.78, 5) is 3.12. The highest BCUT2D eigenvalue weighted by atomic mass is 32.2. The van der Waals surface area contributed by atoms with Gasteiger partial charge in [-0.1, -0.05) is 0 Å². The van der Waals surface area contributed by atoms with Gasteiger partial charge in [-0.3, -0.25) is 9.11 Å². The second-order valence-electron chi connectivity index (χ2n) is 10.4. The molecule has 0 saturated heterocycles. The summed E-state index contributed by atoms with van der Waals surface area (Å²) in [6.07, 6.45) is 0. The first-order valence-electron chi connectivity index (χ1n) is 14.4. The molecule has 20 nitrogen and oxygen atoms in total. The number of hydrogen-bond donors (Lipinski definition) is 6. The Morgan fingerprint density at radius 1 is 0.706 bits per heavy atom. The molecular formula is C27H32N8O12S4. The number of nitrogens with zero attached hydrogens (tertiary/aromatic N) is 6. The van der Waals surface area contributed by atoms with E-state index in [2.05, 4.69) is 36.1 Å². The van der Waals surface area contributed by atoms with Crippen LogP contribution in [0.25, 0.3) is 0 Å². The normalized spacial score (nSPS) is 12.7. The van der Waals surface area contributed by atoms with E-state index in [1.807, 2.05) is 6.07 Å². The molecule has 0 amide bonds. The van der Waals surface area contributed by atoms with Gasteiger partial charge in [-0.2, -0.15) is 32.3 Å². The maximum atomic E-state index is 12.3. The number of rotatable bonds is 18. The zero-order valence-electron chi connectivity index (χ0n) is 26.6. The Labute approximate surface area is 293 Å². The van der Waals surface area contributed by atoms with Crippen molar-refractivity contribution in [2.45, 2.75) is 16.7 Å². The number of nitrogens with one attached hydrogen (secondary N) is 2. The molecule has 1 aromatic heterocycles. The number of aliphatic hydroxyl groups excluding tert-OH is 2. The summed E-state index contributed by atoms with van der Waals surface area (Å²) in [5, 5.41) is 49.1. The molecule has 0 aliphatic rings. The fourth-order valence-electron chi connectivity index (χ4n) is 4.10. The van der Waals surface area contributed by atoms with Crippen LogP contribution in [0.5, 0.6) is 0 Å². The van der Waals surface area contributed by atoms with Gasteiger partial charge in [-0.15, -0.1) is 10.2 Å². The summed E-state index contributed by atoms with van der Waals surface area (Å²) in [7, 11) is -16.7. The van der Waals surface area contributed by atoms with Crippen molar-refractivity contribution in [1.82, 2.24) is 4.98 Å². The van der Waals surface area contributed by atoms with Crippen molar-refractivity contribution in [2.75, 3.05) is 59.9 Å². The summed E-state index contributed by atoms with van der Waals surface area (Å²) >= 11 is 0. The smallest absolute Gasteiger partial charge is 0.296 e. The van der Waals surface area contributed by atoms with E-state index in [-0.39, 0.29) is 52.9 Å². The van der Waals surface area contributed by atoms with Gasteiger partial charge in [0.05, 0.1) is 58.1 Å². The van der Waals surface area contributed by atoms with Crippen molar-refractivity contribution in [2.24, 2.45) is 20.5 Å². The molecule has 0 bridgehead atoms. The second-order valence-corrected chi connectivity index (χ2v) is 17.8. The molecule has 0 aliphatic carbocycles. The van der Waals surface area contributed by atoms with Crippen molar-refractivity contribution in [3.8, 4) is 6.07 Å². The second kappa shape index (κ2) is 17.2. The summed E-state index contributed by atoms with van der Waals surface area (Å²) in [5.41, 5.74) is -0.519. The van der Waals surface area contributed by atoms with Crippen LogP contribution in [0.3, 0.4) is 0 Å². The third kappa shape index (κ3) is 12.1. The molecule has 51 heavy (non-hydrogen) atoms. The van der Waals surface area contributed by atoms with Crippen LogP contribution in [0.1, 0.15) is 11.1 Å². The Bertz CT molecular complexity index is 2290. The number of azo groups is 2. The van der Waals surface area contributed by atoms with Gasteiger partial charge in [0.2, 0.25) is 0 Å². The predicted molar refractivity (Wildman–Crippen MR) is 183 cm³/mol. The standard InChI is InChI=1S/C27H32N8O12S4/c1-18-22(17-28)26(29-8-12-48(38,39)14-10-36)31-27(30-9-13-49(40,41)15-11-37)25(18)35-34-23-7-4-20(16-24(23)51(45,46)47)33-32-19-2-5-21(6-3-19)50(42,43)44/h2-7,16,36-37H,8-15H2,1H3,(H2,29,30,31)(H,42,43,44)(H,45,46,47). The molecule has 0 aliphatic heterocycles. The van der Waals surface area contributed by atoms with Crippen molar-refractivity contribution < 1.29 is 53.0 Å². The van der Waals surface area contributed by atoms with E-state index in [4.69, 9.17) is 14.8 Å². The number of sulfone groups is 2. The minimum absolute atomic E-state index is 0.0899. The first kappa shape index (κ1) is 40.9. The van der Waals surface area contributed by atoms with Crippen molar-refractivity contribution in [3.63, 3.8) is 0 Å². The summed E-state index contributed by atoms with van der Waals surface area (Å²) in [5.74, 6) is -2.12. The number of benzene rings is 2. The van der Waals surface area contributed by atoms with Gasteiger partial charge >= 0.3 is 0 Å². The highest BCUT2D eigenvalue weighted by Gasteiger charge is 2.21. The summed E-state index contributed by atoms with van der Waals surface area (Å²) in [6, 6.07) is 9.77. The molecule has 1 heterocycles. The van der Waals surface area contributed by atoms with Gasteiger partial charge in [-0.25, -0.2) is 21.8 Å². The highest BCUT2D eigenvalue weighted by Crippen LogP contribution is 2.37. The van der Waals surface area contributed by atoms with E-state index in [0.717, 1.165) is 24.3 Å². The molecule has 0 unspecified atom stereocenters. The number of aromatic nitrogens is 1. The van der Waals surface area contributed by atoms with E-state index in [1.54, 1.807) is 0 Å². The molecule has 2 aromatic carbocycles. The molecule has 24 heteroatoms. The van der Waals surface area contributed by atoms with Crippen molar-refractivity contribution in [3.05, 3.63) is 53.6 Å². The topological polar surface area (TPSA) is 328 Å². The largest absolute Gasteiger partial charge is 0.395 e. The average Bonchev–Trinajstić information content (AvgIpc) is 3.03. The summed E-state index contributed by atoms with van der Waals surface area (Å²) < 4.78 is 114. The van der Waals surface area contributed by atoms with Crippen LogP contribution in [0.15, 0.2) is 72.7 Å². The highest BCUT2D eigenvalue weighted by molar-refractivity contribution is 7.91. The van der Waals surface area contributed by atoms with Gasteiger partial charge in [0.15, 0.2) is 25.5 Å². The average molecular weight is 789 g/mol. The number of anilines is 2. The number of pyridine rings is 1. The van der Waals surface area contributed by atoms with E-state index in [9.17, 15) is 43.5 Å². The lowest BCUT2D eigenvalue weighted by Crippen LogP contribution is -2.22. The lowest BCUT2D eigenvalue weighted by Gasteiger charge is -2.16. The van der Waals surface area contributed by atoms with Crippen LogP contribution >= 0.6 is 0 Å². The number of nitriles is 1. The predicted octanol–water partition coefficient (Wildman–Crippen LogP) is 2.22. The van der Waals surface area contributed by atoms with Crippen LogP contribution in [0.4, 0.5) is 34.4 Å². The van der Waals surface area contributed by atoms with Gasteiger partial charge < -0.3 is 20.8 Å². The molecule has 0 spiro atoms. The van der Waals surface area contributed by atoms with Crippen LogP contribution < -0.4 is 10.6 Å². The molecule has 3 aromatic rings. The minimum atomic E-state index is -4.96. The Hall–Kier alpha value is -4.48. The molecular weight excluding hydrogens is 757 g/mol. The van der Waals surface area contributed by atoms with Gasteiger partial charge in [0.1, 0.15) is 28.2 Å². The lowest BCUT2D eigenvalue weighted by atomic mass is 10.1. The molecule has 276 valence electrons. The Morgan fingerprint density at radius 2 is 1.24 bits per heavy atom. The van der Waals surface area contributed by atoms with Gasteiger partial charge in [-0.05, 0) is 49.4 Å².